The first kappa shape index (κ1) is 20.6. The van der Waals surface area contributed by atoms with E-state index in [0.717, 1.165) is 17.3 Å². The molecule has 7 nitrogen and oxygen atoms in total. The number of hydrogen-bond acceptors (Lipinski definition) is 7. The van der Waals surface area contributed by atoms with Crippen molar-refractivity contribution in [3.05, 3.63) is 52.9 Å². The topological polar surface area (TPSA) is 83.1 Å². The van der Waals surface area contributed by atoms with E-state index in [-0.39, 0.29) is 5.24 Å². The van der Waals surface area contributed by atoms with Gasteiger partial charge in [0.1, 0.15) is 0 Å². The summed E-state index contributed by atoms with van der Waals surface area (Å²) in [5, 5.41) is 1.86. The minimum Gasteiger partial charge on any atom is -0.493 e. The lowest BCUT2D eigenvalue weighted by Gasteiger charge is -2.13. The molecule has 0 radical (unpaired) electrons. The number of para-hydroxylation sites is 2. The van der Waals surface area contributed by atoms with Crippen LogP contribution in [0.25, 0.3) is 6.08 Å². The Bertz CT molecular complexity index is 927. The van der Waals surface area contributed by atoms with Gasteiger partial charge in [-0.3, -0.25) is 14.9 Å². The highest BCUT2D eigenvalue weighted by Crippen LogP contribution is 2.31. The molecule has 0 spiro atoms. The van der Waals surface area contributed by atoms with E-state index >= 15 is 0 Å². The van der Waals surface area contributed by atoms with Crippen LogP contribution in [0.3, 0.4) is 0 Å². The molecule has 2 aromatic rings. The Morgan fingerprint density at radius 3 is 2.17 bits per heavy atom. The predicted molar refractivity (Wildman–Crippen MR) is 111 cm³/mol. The van der Waals surface area contributed by atoms with Crippen molar-refractivity contribution in [2.24, 2.45) is 0 Å². The van der Waals surface area contributed by atoms with E-state index in [1.54, 1.807) is 38.5 Å². The van der Waals surface area contributed by atoms with Crippen molar-refractivity contribution in [3.8, 4) is 23.0 Å². The van der Waals surface area contributed by atoms with E-state index in [9.17, 15) is 9.59 Å². The predicted octanol–water partition coefficient (Wildman–Crippen LogP) is 3.88. The average Bonchev–Trinajstić information content (AvgIpc) is 3.05. The number of ether oxygens (including phenoxy) is 4. The second-order valence-electron chi connectivity index (χ2n) is 5.96. The van der Waals surface area contributed by atoms with Crippen LogP contribution in [0.5, 0.6) is 23.0 Å². The summed E-state index contributed by atoms with van der Waals surface area (Å²) in [6.45, 7) is 0.923. The van der Waals surface area contributed by atoms with Crippen LogP contribution >= 0.6 is 11.8 Å². The van der Waals surface area contributed by atoms with Crippen LogP contribution in [0.15, 0.2) is 47.4 Å². The molecule has 1 heterocycles. The zero-order valence-corrected chi connectivity index (χ0v) is 16.9. The monoisotopic (exact) mass is 415 g/mol. The number of benzene rings is 2. The van der Waals surface area contributed by atoms with E-state index in [1.165, 1.54) is 0 Å². The highest BCUT2D eigenvalue weighted by Gasteiger charge is 2.25. The molecule has 2 aromatic carbocycles. The van der Waals surface area contributed by atoms with Gasteiger partial charge in [-0.1, -0.05) is 18.2 Å². The second-order valence-corrected chi connectivity index (χ2v) is 6.98. The third-order valence-corrected chi connectivity index (χ3v) is 4.81. The van der Waals surface area contributed by atoms with Crippen LogP contribution in [0.2, 0.25) is 0 Å². The molecule has 1 fully saturated rings. The van der Waals surface area contributed by atoms with Crippen molar-refractivity contribution in [3.63, 3.8) is 0 Å². The number of carbonyl (C=O) groups is 2. The molecule has 2 amide bonds. The molecule has 8 heteroatoms. The van der Waals surface area contributed by atoms with Crippen LogP contribution in [-0.4, -0.2) is 38.6 Å². The van der Waals surface area contributed by atoms with E-state index in [2.05, 4.69) is 5.32 Å². The van der Waals surface area contributed by atoms with Gasteiger partial charge in [-0.2, -0.15) is 0 Å². The summed E-state index contributed by atoms with van der Waals surface area (Å²) in [4.78, 5) is 23.3. The quantitative estimate of drug-likeness (QED) is 0.492. The largest absolute Gasteiger partial charge is 0.493 e. The molecule has 0 saturated carbocycles. The molecule has 0 atom stereocenters. The summed E-state index contributed by atoms with van der Waals surface area (Å²) in [5.74, 6) is 2.12. The minimum atomic E-state index is -0.394. The number of nitrogens with one attached hydrogen (secondary N) is 1. The first-order valence-electron chi connectivity index (χ1n) is 8.92. The fourth-order valence-electron chi connectivity index (χ4n) is 2.63. The Hall–Kier alpha value is -3.13. The zero-order valence-electron chi connectivity index (χ0n) is 16.1. The van der Waals surface area contributed by atoms with Crippen molar-refractivity contribution in [2.75, 3.05) is 27.4 Å². The molecule has 1 aliphatic heterocycles. The molecular formula is C21H21NO6S. The van der Waals surface area contributed by atoms with Crippen LogP contribution in [0.1, 0.15) is 12.0 Å². The Morgan fingerprint density at radius 2 is 1.55 bits per heavy atom. The van der Waals surface area contributed by atoms with Gasteiger partial charge in [0.25, 0.3) is 11.1 Å². The van der Waals surface area contributed by atoms with Crippen molar-refractivity contribution in [1.29, 1.82) is 0 Å². The highest BCUT2D eigenvalue weighted by molar-refractivity contribution is 8.18. The average molecular weight is 415 g/mol. The summed E-state index contributed by atoms with van der Waals surface area (Å²) in [7, 11) is 3.15. The molecule has 1 aliphatic rings. The van der Waals surface area contributed by atoms with Crippen LogP contribution in [0, 0.1) is 0 Å². The summed E-state index contributed by atoms with van der Waals surface area (Å²) < 4.78 is 22.1. The van der Waals surface area contributed by atoms with Crippen LogP contribution in [0.4, 0.5) is 4.79 Å². The lowest BCUT2D eigenvalue weighted by Crippen LogP contribution is -2.17. The molecule has 0 aliphatic carbocycles. The van der Waals surface area contributed by atoms with Crippen molar-refractivity contribution in [2.45, 2.75) is 6.42 Å². The molecule has 0 unspecified atom stereocenters. The van der Waals surface area contributed by atoms with E-state index < -0.39 is 5.91 Å². The fourth-order valence-corrected chi connectivity index (χ4v) is 3.31. The Labute approximate surface area is 173 Å². The van der Waals surface area contributed by atoms with Gasteiger partial charge in [-0.05, 0) is 47.7 Å². The number of rotatable bonds is 9. The van der Waals surface area contributed by atoms with Gasteiger partial charge < -0.3 is 18.9 Å². The standard InChI is InChI=1S/C21H21NO6S/c1-25-15-6-3-4-7-16(15)27-10-5-11-28-17-9-8-14(12-18(17)26-2)13-19-20(23)22-21(24)29-19/h3-4,6-9,12-13H,5,10-11H2,1-2H3,(H,22,23,24). The number of thioether (sulfide) groups is 1. The van der Waals surface area contributed by atoms with E-state index in [4.69, 9.17) is 18.9 Å². The Morgan fingerprint density at radius 1 is 0.897 bits per heavy atom. The normalized spacial score (nSPS) is 14.6. The molecular weight excluding hydrogens is 394 g/mol. The summed E-state index contributed by atoms with van der Waals surface area (Å²) in [5.41, 5.74) is 0.737. The first-order valence-corrected chi connectivity index (χ1v) is 9.74. The number of amides is 2. The van der Waals surface area contributed by atoms with Gasteiger partial charge in [0.2, 0.25) is 0 Å². The summed E-state index contributed by atoms with van der Waals surface area (Å²) >= 11 is 0.873. The van der Waals surface area contributed by atoms with Gasteiger partial charge in [0.15, 0.2) is 23.0 Å². The maximum atomic E-state index is 11.7. The third kappa shape index (κ3) is 5.45. The fraction of sp³-hybridized carbons (Fsp3) is 0.238. The number of carbonyl (C=O) groups excluding carboxylic acids is 2. The van der Waals surface area contributed by atoms with Gasteiger partial charge in [-0.25, -0.2) is 0 Å². The second kappa shape index (κ2) is 9.88. The van der Waals surface area contributed by atoms with Gasteiger partial charge >= 0.3 is 0 Å². The lowest BCUT2D eigenvalue weighted by molar-refractivity contribution is -0.115. The smallest absolute Gasteiger partial charge is 0.290 e. The van der Waals surface area contributed by atoms with Gasteiger partial charge in [0, 0.05) is 6.42 Å². The molecule has 152 valence electrons. The highest BCUT2D eigenvalue weighted by atomic mass is 32.2. The maximum absolute atomic E-state index is 11.7. The van der Waals surface area contributed by atoms with E-state index in [0.29, 0.717) is 47.5 Å². The molecule has 0 aromatic heterocycles. The van der Waals surface area contributed by atoms with Gasteiger partial charge in [0.05, 0.1) is 32.3 Å². The lowest BCUT2D eigenvalue weighted by atomic mass is 10.2. The number of hydrogen-bond donors (Lipinski definition) is 1. The Kier molecular flexibility index (Phi) is 7.02. The van der Waals surface area contributed by atoms with E-state index in [1.807, 2.05) is 24.3 Å². The first-order chi connectivity index (χ1) is 14.1. The summed E-state index contributed by atoms with van der Waals surface area (Å²) in [6, 6.07) is 12.8. The molecule has 1 N–H and O–H groups in total. The minimum absolute atomic E-state index is 0.346. The SMILES string of the molecule is COc1ccccc1OCCCOc1ccc(C=C2SC(=O)NC2=O)cc1OC. The summed E-state index contributed by atoms with van der Waals surface area (Å²) in [6.07, 6.45) is 2.31. The number of methoxy groups -OCH3 is 2. The zero-order chi connectivity index (χ0) is 20.6. The van der Waals surface area contributed by atoms with Crippen LogP contribution < -0.4 is 24.3 Å². The third-order valence-electron chi connectivity index (χ3n) is 4.00. The van der Waals surface area contributed by atoms with Gasteiger partial charge in [-0.15, -0.1) is 0 Å². The van der Waals surface area contributed by atoms with Crippen molar-refractivity contribution in [1.82, 2.24) is 5.32 Å². The van der Waals surface area contributed by atoms with Crippen molar-refractivity contribution >= 4 is 29.0 Å². The Balaban J connectivity index is 1.54. The number of imide groups is 1. The van der Waals surface area contributed by atoms with Crippen molar-refractivity contribution < 1.29 is 28.5 Å². The molecule has 3 rings (SSSR count). The molecule has 29 heavy (non-hydrogen) atoms. The maximum Gasteiger partial charge on any atom is 0.290 e. The molecule has 1 saturated heterocycles. The van der Waals surface area contributed by atoms with Crippen LogP contribution in [-0.2, 0) is 4.79 Å². The molecule has 0 bridgehead atoms.